The number of aryl methyl sites for hydroxylation is 1. The number of methoxy groups -OCH3 is 1. The van der Waals surface area contributed by atoms with E-state index >= 15 is 0 Å². The van der Waals surface area contributed by atoms with Gasteiger partial charge >= 0.3 is 0 Å². The maximum absolute atomic E-state index is 5.70. The Balaban J connectivity index is 2.12. The van der Waals surface area contributed by atoms with Crippen LogP contribution in [0, 0.1) is 0 Å². The number of fused-ring (bicyclic) bond motifs is 1. The quantitative estimate of drug-likeness (QED) is 0.636. The highest BCUT2D eigenvalue weighted by atomic mass is 16.5. The zero-order valence-electron chi connectivity index (χ0n) is 15.3. The number of ether oxygens (including phenoxy) is 1. The molecule has 0 aliphatic rings. The van der Waals surface area contributed by atoms with Crippen LogP contribution in [0.25, 0.3) is 22.2 Å². The Bertz CT molecular complexity index is 851. The molecule has 0 spiro atoms. The number of aromatic nitrogens is 1. The molecule has 132 valence electrons. The van der Waals surface area contributed by atoms with Crippen LogP contribution in [-0.4, -0.2) is 32.7 Å². The third-order valence-electron chi connectivity index (χ3n) is 4.65. The van der Waals surface area contributed by atoms with Gasteiger partial charge in [0.1, 0.15) is 5.75 Å². The van der Waals surface area contributed by atoms with Gasteiger partial charge in [-0.3, -0.25) is 0 Å². The van der Waals surface area contributed by atoms with Crippen molar-refractivity contribution in [2.45, 2.75) is 19.3 Å². The number of anilines is 1. The minimum absolute atomic E-state index is 0.733. The number of benzene rings is 2. The summed E-state index contributed by atoms with van der Waals surface area (Å²) in [6, 6.07) is 14.9. The number of aromatic amines is 1. The van der Waals surface area contributed by atoms with E-state index < -0.39 is 0 Å². The van der Waals surface area contributed by atoms with Gasteiger partial charge in [-0.05, 0) is 61.7 Å². The van der Waals surface area contributed by atoms with E-state index in [4.69, 9.17) is 10.5 Å². The fourth-order valence-electron chi connectivity index (χ4n) is 3.25. The van der Waals surface area contributed by atoms with Gasteiger partial charge in [0, 0.05) is 41.9 Å². The molecule has 0 unspecified atom stereocenters. The number of H-pyrrole nitrogens is 1. The maximum Gasteiger partial charge on any atom is 0.119 e. The van der Waals surface area contributed by atoms with Crippen LogP contribution in [0.3, 0.4) is 0 Å². The Hall–Kier alpha value is -2.46. The lowest BCUT2D eigenvalue weighted by Crippen LogP contribution is -2.08. The summed E-state index contributed by atoms with van der Waals surface area (Å²) >= 11 is 0. The first-order chi connectivity index (χ1) is 12.1. The van der Waals surface area contributed by atoms with Crippen LogP contribution in [0.5, 0.6) is 5.75 Å². The summed E-state index contributed by atoms with van der Waals surface area (Å²) in [6.07, 6.45) is 3.13. The monoisotopic (exact) mass is 337 g/mol. The van der Waals surface area contributed by atoms with E-state index in [0.29, 0.717) is 0 Å². The second-order valence-corrected chi connectivity index (χ2v) is 6.58. The molecule has 1 aromatic heterocycles. The number of nitrogens with one attached hydrogen (secondary N) is 1. The molecular formula is C21H27N3O. The molecule has 0 aliphatic carbocycles. The highest BCUT2D eigenvalue weighted by Crippen LogP contribution is 2.34. The fourth-order valence-corrected chi connectivity index (χ4v) is 3.25. The van der Waals surface area contributed by atoms with E-state index in [-0.39, 0.29) is 0 Å². The molecule has 0 saturated carbocycles. The van der Waals surface area contributed by atoms with Crippen molar-refractivity contribution in [2.75, 3.05) is 32.6 Å². The lowest BCUT2D eigenvalue weighted by atomic mass is 10.00. The predicted molar refractivity (Wildman–Crippen MR) is 107 cm³/mol. The van der Waals surface area contributed by atoms with Gasteiger partial charge in [-0.25, -0.2) is 0 Å². The zero-order valence-corrected chi connectivity index (χ0v) is 15.3. The van der Waals surface area contributed by atoms with E-state index in [9.17, 15) is 0 Å². The van der Waals surface area contributed by atoms with Gasteiger partial charge in [0.25, 0.3) is 0 Å². The molecule has 0 saturated heterocycles. The van der Waals surface area contributed by atoms with Crippen molar-refractivity contribution < 1.29 is 4.74 Å². The molecule has 1 heterocycles. The highest BCUT2D eigenvalue weighted by molar-refractivity contribution is 5.92. The van der Waals surface area contributed by atoms with Crippen LogP contribution < -0.4 is 15.4 Å². The summed E-state index contributed by atoms with van der Waals surface area (Å²) in [6.45, 7) is 0.733. The number of unbranched alkanes of at least 4 members (excludes halogenated alkanes) is 1. The molecule has 4 nitrogen and oxygen atoms in total. The topological polar surface area (TPSA) is 54.3 Å². The summed E-state index contributed by atoms with van der Waals surface area (Å²) in [7, 11) is 5.85. The summed E-state index contributed by atoms with van der Waals surface area (Å²) in [5, 5.41) is 1.24. The standard InChI is InChI=1S/C21H27N3O/c1-24(2)16-8-6-7-15(13-16)21-18(9-4-5-12-22)19-14-17(25-3)10-11-20(19)23-21/h6-8,10-11,13-14,23H,4-5,9,12,22H2,1-3H3. The van der Waals surface area contributed by atoms with Crippen LogP contribution in [-0.2, 0) is 6.42 Å². The molecule has 25 heavy (non-hydrogen) atoms. The highest BCUT2D eigenvalue weighted by Gasteiger charge is 2.14. The first-order valence-electron chi connectivity index (χ1n) is 8.80. The number of hydrogen-bond donors (Lipinski definition) is 2. The summed E-state index contributed by atoms with van der Waals surface area (Å²) in [5.41, 5.74) is 11.8. The van der Waals surface area contributed by atoms with Gasteiger partial charge in [-0.1, -0.05) is 12.1 Å². The Morgan fingerprint density at radius 2 is 1.92 bits per heavy atom. The van der Waals surface area contributed by atoms with Crippen LogP contribution >= 0.6 is 0 Å². The fraction of sp³-hybridized carbons (Fsp3) is 0.333. The van der Waals surface area contributed by atoms with Crippen molar-refractivity contribution in [2.24, 2.45) is 5.73 Å². The van der Waals surface area contributed by atoms with Crippen molar-refractivity contribution in [1.29, 1.82) is 0 Å². The van der Waals surface area contributed by atoms with E-state index in [0.717, 1.165) is 37.1 Å². The van der Waals surface area contributed by atoms with Crippen LogP contribution in [0.1, 0.15) is 18.4 Å². The average Bonchev–Trinajstić information content (AvgIpc) is 3.00. The first kappa shape index (κ1) is 17.4. The van der Waals surface area contributed by atoms with Crippen LogP contribution in [0.2, 0.25) is 0 Å². The van der Waals surface area contributed by atoms with E-state index in [1.165, 1.54) is 27.9 Å². The third-order valence-corrected chi connectivity index (χ3v) is 4.65. The summed E-state index contributed by atoms with van der Waals surface area (Å²) < 4.78 is 5.43. The molecule has 3 aromatic rings. The van der Waals surface area contributed by atoms with Gasteiger partial charge in [0.15, 0.2) is 0 Å². The molecule has 3 N–H and O–H groups in total. The normalized spacial score (nSPS) is 11.0. The third kappa shape index (κ3) is 3.64. The Labute approximate surface area is 149 Å². The second-order valence-electron chi connectivity index (χ2n) is 6.58. The minimum atomic E-state index is 0.733. The lowest BCUT2D eigenvalue weighted by Gasteiger charge is -2.14. The predicted octanol–water partition coefficient (Wildman–Crippen LogP) is 4.19. The minimum Gasteiger partial charge on any atom is -0.497 e. The zero-order chi connectivity index (χ0) is 17.8. The number of hydrogen-bond acceptors (Lipinski definition) is 3. The molecule has 4 heteroatoms. The number of nitrogens with two attached hydrogens (primary N) is 1. The summed E-state index contributed by atoms with van der Waals surface area (Å²) in [5.74, 6) is 0.889. The van der Waals surface area contributed by atoms with Gasteiger partial charge < -0.3 is 20.4 Å². The number of nitrogens with zero attached hydrogens (tertiary/aromatic N) is 1. The molecule has 0 aliphatic heterocycles. The van der Waals surface area contributed by atoms with Crippen molar-refractivity contribution >= 4 is 16.6 Å². The molecule has 0 atom stereocenters. The molecule has 3 rings (SSSR count). The Morgan fingerprint density at radius 3 is 2.64 bits per heavy atom. The second kappa shape index (κ2) is 7.62. The molecule has 0 radical (unpaired) electrons. The smallest absolute Gasteiger partial charge is 0.119 e. The van der Waals surface area contributed by atoms with Crippen molar-refractivity contribution in [3.05, 3.63) is 48.0 Å². The van der Waals surface area contributed by atoms with Crippen molar-refractivity contribution in [1.82, 2.24) is 4.98 Å². The maximum atomic E-state index is 5.70. The van der Waals surface area contributed by atoms with Gasteiger partial charge in [0.05, 0.1) is 7.11 Å². The SMILES string of the molecule is COc1ccc2[nH]c(-c3cccc(N(C)C)c3)c(CCCCN)c2c1. The van der Waals surface area contributed by atoms with E-state index in [1.807, 2.05) is 6.07 Å². The molecule has 2 aromatic carbocycles. The van der Waals surface area contributed by atoms with Crippen molar-refractivity contribution in [3.63, 3.8) is 0 Å². The Morgan fingerprint density at radius 1 is 1.08 bits per heavy atom. The van der Waals surface area contributed by atoms with Crippen LogP contribution in [0.4, 0.5) is 5.69 Å². The van der Waals surface area contributed by atoms with Gasteiger partial charge in [-0.15, -0.1) is 0 Å². The van der Waals surface area contributed by atoms with Gasteiger partial charge in [-0.2, -0.15) is 0 Å². The van der Waals surface area contributed by atoms with E-state index in [2.05, 4.69) is 60.4 Å². The molecule has 0 amide bonds. The van der Waals surface area contributed by atoms with Crippen molar-refractivity contribution in [3.8, 4) is 17.0 Å². The largest absolute Gasteiger partial charge is 0.497 e. The average molecular weight is 337 g/mol. The Kier molecular flexibility index (Phi) is 5.29. The molecule has 0 bridgehead atoms. The number of rotatable bonds is 7. The van der Waals surface area contributed by atoms with Crippen LogP contribution in [0.15, 0.2) is 42.5 Å². The molecule has 0 fully saturated rings. The first-order valence-corrected chi connectivity index (χ1v) is 8.80. The van der Waals surface area contributed by atoms with E-state index in [1.54, 1.807) is 7.11 Å². The summed E-state index contributed by atoms with van der Waals surface area (Å²) in [4.78, 5) is 5.75. The van der Waals surface area contributed by atoms with Gasteiger partial charge in [0.2, 0.25) is 0 Å². The lowest BCUT2D eigenvalue weighted by molar-refractivity contribution is 0.415. The molecular weight excluding hydrogens is 310 g/mol.